The van der Waals surface area contributed by atoms with E-state index in [0.29, 0.717) is 0 Å². The molecule has 0 aromatic rings. The molecule has 0 bridgehead atoms. The minimum absolute atomic E-state index is 0.861. The van der Waals surface area contributed by atoms with E-state index in [1.807, 2.05) is 0 Å². The maximum Gasteiger partial charge on any atom is 0.179 e. The number of rotatable bonds is 3. The molecule has 0 saturated carbocycles. The van der Waals surface area contributed by atoms with Gasteiger partial charge in [0.05, 0.1) is 19.6 Å². The molecule has 0 saturated heterocycles. The van der Waals surface area contributed by atoms with Crippen LogP contribution in [0.1, 0.15) is 20.8 Å². The molecule has 4 heteroatoms. The molecule has 0 aliphatic heterocycles. The fraction of sp³-hybridized carbons (Fsp3) is 0.750. The van der Waals surface area contributed by atoms with E-state index in [4.69, 9.17) is 10.5 Å². The molecular formula is C8H18BN3. The Balaban J connectivity index is 0. The first-order valence-electron chi connectivity index (χ1n) is 4.63. The number of nitriles is 2. The standard InChI is InChI=1S/C6H15N.C2H2BN2/c1-4-7(5-2)6-3;4-1-3-2-5/h4-6H2,1-3H3;3H2/q;-1/p+1. The maximum absolute atomic E-state index is 7.65. The molecular weight excluding hydrogens is 149 g/mol. The van der Waals surface area contributed by atoms with Crippen LogP contribution in [0.25, 0.3) is 0 Å². The van der Waals surface area contributed by atoms with Crippen LogP contribution in [0.2, 0.25) is 0 Å². The molecule has 1 N–H and O–H groups in total. The predicted octanol–water partition coefficient (Wildman–Crippen LogP) is -0.952. The Morgan fingerprint density at radius 1 is 1.00 bits per heavy atom. The first kappa shape index (κ1) is 13.6. The predicted molar refractivity (Wildman–Crippen MR) is 52.4 cm³/mol. The summed E-state index contributed by atoms with van der Waals surface area (Å²) in [5.41, 5.74) is 0. The van der Waals surface area contributed by atoms with E-state index < -0.39 is 7.28 Å². The number of hydrogen-bond donors (Lipinski definition) is 1. The fourth-order valence-electron chi connectivity index (χ4n) is 0.800. The van der Waals surface area contributed by atoms with Crippen LogP contribution in [-0.2, 0) is 0 Å². The Morgan fingerprint density at radius 3 is 1.33 bits per heavy atom. The lowest BCUT2D eigenvalue weighted by Crippen LogP contribution is -3.11. The topological polar surface area (TPSA) is 52.0 Å². The molecule has 0 aromatic carbocycles. The normalized spacial score (nSPS) is 7.83. The van der Waals surface area contributed by atoms with Gasteiger partial charge in [-0.15, -0.1) is 11.9 Å². The van der Waals surface area contributed by atoms with Crippen molar-refractivity contribution in [2.45, 2.75) is 20.8 Å². The van der Waals surface area contributed by atoms with Crippen LogP contribution in [0.5, 0.6) is 0 Å². The molecule has 0 heterocycles. The lowest BCUT2D eigenvalue weighted by Gasteiger charge is -2.10. The van der Waals surface area contributed by atoms with Gasteiger partial charge in [0, 0.05) is 0 Å². The summed E-state index contributed by atoms with van der Waals surface area (Å²) in [6.07, 6.45) is 0. The van der Waals surface area contributed by atoms with Gasteiger partial charge in [0.1, 0.15) is 0 Å². The van der Waals surface area contributed by atoms with Crippen LogP contribution in [-0.4, -0.2) is 26.9 Å². The first-order chi connectivity index (χ1) is 5.76. The Morgan fingerprint density at radius 2 is 1.33 bits per heavy atom. The van der Waals surface area contributed by atoms with Gasteiger partial charge in [-0.3, -0.25) is 0 Å². The largest absolute Gasteiger partial charge is 0.336 e. The van der Waals surface area contributed by atoms with Crippen LogP contribution in [0.4, 0.5) is 0 Å². The summed E-state index contributed by atoms with van der Waals surface area (Å²) in [5, 5.41) is 15.3. The average molecular weight is 167 g/mol. The van der Waals surface area contributed by atoms with E-state index in [2.05, 4.69) is 20.8 Å². The second kappa shape index (κ2) is 12.7. The van der Waals surface area contributed by atoms with Crippen LogP contribution < -0.4 is 4.90 Å². The number of nitrogens with one attached hydrogen (secondary N) is 1. The molecule has 0 aliphatic carbocycles. The number of hydrogen-bond acceptors (Lipinski definition) is 2. The Kier molecular flexibility index (Phi) is 14.3. The Bertz CT molecular complexity index is 135. The zero-order valence-electron chi connectivity index (χ0n) is 8.52. The quantitative estimate of drug-likeness (QED) is 0.551. The van der Waals surface area contributed by atoms with Crippen LogP contribution >= 0.6 is 0 Å². The van der Waals surface area contributed by atoms with Gasteiger partial charge in [-0.25, -0.2) is 10.5 Å². The van der Waals surface area contributed by atoms with E-state index in [1.54, 1.807) is 16.8 Å². The molecule has 0 aromatic heterocycles. The second-order valence-electron chi connectivity index (χ2n) is 2.51. The highest BCUT2D eigenvalue weighted by Crippen LogP contribution is 1.45. The molecule has 0 amide bonds. The van der Waals surface area contributed by atoms with Crippen LogP contribution in [0.3, 0.4) is 0 Å². The highest BCUT2D eigenvalue weighted by Gasteiger charge is 1.92. The van der Waals surface area contributed by atoms with Gasteiger partial charge >= 0.3 is 0 Å². The number of nitrogens with zero attached hydrogens (tertiary/aromatic N) is 2. The average Bonchev–Trinajstić information content (AvgIpc) is 2.10. The summed E-state index contributed by atoms with van der Waals surface area (Å²) < 4.78 is 0. The third-order valence-corrected chi connectivity index (χ3v) is 1.72. The Labute approximate surface area is 75.8 Å². The summed E-state index contributed by atoms with van der Waals surface area (Å²) in [5.74, 6) is 3.56. The van der Waals surface area contributed by atoms with Crippen molar-refractivity contribution >= 4 is 7.28 Å². The van der Waals surface area contributed by atoms with E-state index >= 15 is 0 Å². The zero-order valence-corrected chi connectivity index (χ0v) is 8.52. The summed E-state index contributed by atoms with van der Waals surface area (Å²) in [6, 6.07) is 0. The smallest absolute Gasteiger partial charge is 0.179 e. The molecule has 3 nitrogen and oxygen atoms in total. The highest BCUT2D eigenvalue weighted by atomic mass is 15.1. The van der Waals surface area contributed by atoms with Crippen molar-refractivity contribution in [2.75, 3.05) is 19.6 Å². The van der Waals surface area contributed by atoms with E-state index in [1.165, 1.54) is 19.6 Å². The van der Waals surface area contributed by atoms with E-state index in [0.717, 1.165) is 0 Å². The van der Waals surface area contributed by atoms with Crippen molar-refractivity contribution in [2.24, 2.45) is 0 Å². The molecule has 0 spiro atoms. The summed E-state index contributed by atoms with van der Waals surface area (Å²) in [7, 11) is -0.861. The highest BCUT2D eigenvalue weighted by molar-refractivity contribution is 6.53. The minimum Gasteiger partial charge on any atom is -0.336 e. The van der Waals surface area contributed by atoms with Gasteiger partial charge < -0.3 is 4.90 Å². The molecule has 0 rings (SSSR count). The van der Waals surface area contributed by atoms with E-state index in [-0.39, 0.29) is 0 Å². The van der Waals surface area contributed by atoms with Crippen LogP contribution in [0, 0.1) is 22.5 Å². The van der Waals surface area contributed by atoms with E-state index in [9.17, 15) is 0 Å². The van der Waals surface area contributed by atoms with Crippen molar-refractivity contribution in [1.82, 2.24) is 0 Å². The molecule has 68 valence electrons. The van der Waals surface area contributed by atoms with Gasteiger partial charge in [0.15, 0.2) is 7.28 Å². The van der Waals surface area contributed by atoms with Crippen molar-refractivity contribution in [3.05, 3.63) is 0 Å². The second-order valence-corrected chi connectivity index (χ2v) is 2.51. The Hall–Kier alpha value is -0.995. The monoisotopic (exact) mass is 167 g/mol. The molecule has 0 unspecified atom stereocenters. The molecule has 0 radical (unpaired) electrons. The molecule has 0 atom stereocenters. The zero-order chi connectivity index (χ0) is 9.82. The van der Waals surface area contributed by atoms with Crippen molar-refractivity contribution < 1.29 is 4.90 Å². The fourth-order valence-corrected chi connectivity index (χ4v) is 0.800. The van der Waals surface area contributed by atoms with Gasteiger partial charge in [0.25, 0.3) is 0 Å². The van der Waals surface area contributed by atoms with Crippen LogP contribution in [0.15, 0.2) is 0 Å². The van der Waals surface area contributed by atoms with Crippen molar-refractivity contribution in [3.8, 4) is 11.9 Å². The summed E-state index contributed by atoms with van der Waals surface area (Å²) in [4.78, 5) is 1.68. The van der Waals surface area contributed by atoms with Gasteiger partial charge in [0.2, 0.25) is 0 Å². The lowest BCUT2D eigenvalue weighted by atomic mass is 9.85. The van der Waals surface area contributed by atoms with Gasteiger partial charge in [-0.2, -0.15) is 0 Å². The molecule has 0 fully saturated rings. The van der Waals surface area contributed by atoms with Crippen molar-refractivity contribution in [3.63, 3.8) is 0 Å². The maximum atomic E-state index is 7.65. The lowest BCUT2D eigenvalue weighted by molar-refractivity contribution is -0.894. The molecule has 12 heavy (non-hydrogen) atoms. The minimum atomic E-state index is -0.861. The third-order valence-electron chi connectivity index (χ3n) is 1.72. The molecule has 0 aliphatic rings. The summed E-state index contributed by atoms with van der Waals surface area (Å²) >= 11 is 0. The van der Waals surface area contributed by atoms with Gasteiger partial charge in [-0.1, -0.05) is 0 Å². The van der Waals surface area contributed by atoms with Gasteiger partial charge in [-0.05, 0) is 20.8 Å². The van der Waals surface area contributed by atoms with Crippen molar-refractivity contribution in [1.29, 1.82) is 10.5 Å². The first-order valence-corrected chi connectivity index (χ1v) is 4.63. The third kappa shape index (κ3) is 11.8. The summed E-state index contributed by atoms with van der Waals surface area (Å²) in [6.45, 7) is 10.5. The SMILES string of the molecule is CC[NH+](CC)CC.N#C[BH2-]C#N. The number of quaternary nitrogens is 1.